The van der Waals surface area contributed by atoms with Gasteiger partial charge in [-0.25, -0.2) is 9.97 Å². The first kappa shape index (κ1) is 18.8. The van der Waals surface area contributed by atoms with Crippen LogP contribution in [0.1, 0.15) is 24.9 Å². The molecule has 8 heteroatoms. The molecule has 0 bridgehead atoms. The monoisotopic (exact) mass is 385 g/mol. The van der Waals surface area contributed by atoms with Crippen molar-refractivity contribution >= 4 is 28.3 Å². The third kappa shape index (κ3) is 5.49. The summed E-state index contributed by atoms with van der Waals surface area (Å²) in [5, 5.41) is 4.91. The number of aromatic nitrogens is 2. The van der Waals surface area contributed by atoms with E-state index < -0.39 is 0 Å². The second-order valence-corrected chi connectivity index (χ2v) is 6.52. The Balaban J connectivity index is 1.48. The van der Waals surface area contributed by atoms with Gasteiger partial charge in [0.2, 0.25) is 5.91 Å². The minimum absolute atomic E-state index is 0.0960. The van der Waals surface area contributed by atoms with Crippen LogP contribution in [0, 0.1) is 0 Å². The molecule has 0 saturated heterocycles. The average Bonchev–Trinajstić information content (AvgIpc) is 3.30. The molecule has 0 aliphatic carbocycles. The molecule has 0 unspecified atom stereocenters. The number of rotatable bonds is 8. The molecule has 0 saturated carbocycles. The van der Waals surface area contributed by atoms with Crippen molar-refractivity contribution < 1.29 is 18.7 Å². The summed E-state index contributed by atoms with van der Waals surface area (Å²) in [7, 11) is 0. The number of carbonyl (C=O) groups excluding carboxylic acids is 2. The lowest BCUT2D eigenvalue weighted by atomic mass is 10.2. The van der Waals surface area contributed by atoms with E-state index in [1.807, 2.05) is 30.3 Å². The predicted molar refractivity (Wildman–Crippen MR) is 101 cm³/mol. The number of oxazole rings is 1. The van der Waals surface area contributed by atoms with Crippen LogP contribution >= 0.6 is 11.3 Å². The molecule has 0 aliphatic heterocycles. The van der Waals surface area contributed by atoms with E-state index in [2.05, 4.69) is 15.3 Å². The van der Waals surface area contributed by atoms with Crippen molar-refractivity contribution in [3.63, 3.8) is 0 Å². The van der Waals surface area contributed by atoms with Crippen LogP contribution in [0.5, 0.6) is 0 Å². The van der Waals surface area contributed by atoms with Crippen LogP contribution in [0.3, 0.4) is 0 Å². The van der Waals surface area contributed by atoms with Gasteiger partial charge in [-0.05, 0) is 6.92 Å². The number of aryl methyl sites for hydroxylation is 1. The van der Waals surface area contributed by atoms with Gasteiger partial charge in [-0.1, -0.05) is 30.3 Å². The number of esters is 1. The number of nitrogens with zero attached hydrogens (tertiary/aromatic N) is 2. The first-order valence-corrected chi connectivity index (χ1v) is 9.42. The Hall–Kier alpha value is -3.00. The minimum Gasteiger partial charge on any atom is -0.466 e. The fourth-order valence-corrected chi connectivity index (χ4v) is 3.10. The van der Waals surface area contributed by atoms with E-state index in [0.29, 0.717) is 35.5 Å². The minimum atomic E-state index is -0.334. The van der Waals surface area contributed by atoms with Crippen LogP contribution < -0.4 is 5.32 Å². The first-order valence-electron chi connectivity index (χ1n) is 8.54. The molecular formula is C19H19N3O4S. The van der Waals surface area contributed by atoms with Gasteiger partial charge in [0.1, 0.15) is 0 Å². The number of carbonyl (C=O) groups is 2. The van der Waals surface area contributed by atoms with E-state index in [9.17, 15) is 9.59 Å². The number of benzene rings is 1. The number of thiazole rings is 1. The largest absolute Gasteiger partial charge is 0.466 e. The smallest absolute Gasteiger partial charge is 0.311 e. The van der Waals surface area contributed by atoms with Crippen molar-refractivity contribution in [3.05, 3.63) is 53.5 Å². The maximum atomic E-state index is 12.1. The van der Waals surface area contributed by atoms with Gasteiger partial charge in [-0.3, -0.25) is 9.59 Å². The van der Waals surface area contributed by atoms with Crippen LogP contribution in [0.15, 0.2) is 46.3 Å². The second kappa shape index (κ2) is 9.09. The van der Waals surface area contributed by atoms with Gasteiger partial charge in [0.05, 0.1) is 24.9 Å². The standard InChI is InChI=1S/C19H19N3O4S/c1-2-25-18(24)10-14-12-27-19(21-14)22-16(23)8-9-17-20-11-15(26-17)13-6-4-3-5-7-13/h3-7,11-12H,2,8-10H2,1H3,(H,21,22,23). The summed E-state index contributed by atoms with van der Waals surface area (Å²) in [6, 6.07) is 9.66. The zero-order chi connectivity index (χ0) is 19.1. The first-order chi connectivity index (χ1) is 13.1. The summed E-state index contributed by atoms with van der Waals surface area (Å²) in [5.41, 5.74) is 1.52. The number of ether oxygens (including phenoxy) is 1. The molecule has 0 spiro atoms. The van der Waals surface area contributed by atoms with Gasteiger partial charge >= 0.3 is 5.97 Å². The molecule has 3 rings (SSSR count). The van der Waals surface area contributed by atoms with E-state index in [0.717, 1.165) is 5.56 Å². The molecule has 140 valence electrons. The average molecular weight is 385 g/mol. The van der Waals surface area contributed by atoms with Crippen molar-refractivity contribution in [1.82, 2.24) is 9.97 Å². The highest BCUT2D eigenvalue weighted by Crippen LogP contribution is 2.21. The Bertz CT molecular complexity index is 905. The molecule has 0 aliphatic rings. The quantitative estimate of drug-likeness (QED) is 0.597. The van der Waals surface area contributed by atoms with E-state index in [1.165, 1.54) is 11.3 Å². The third-order valence-corrected chi connectivity index (χ3v) is 4.41. The summed E-state index contributed by atoms with van der Waals surface area (Å²) >= 11 is 1.27. The lowest BCUT2D eigenvalue weighted by molar-refractivity contribution is -0.142. The van der Waals surface area contributed by atoms with Crippen molar-refractivity contribution in [2.45, 2.75) is 26.2 Å². The van der Waals surface area contributed by atoms with Crippen LogP contribution in [0.4, 0.5) is 5.13 Å². The van der Waals surface area contributed by atoms with E-state index in [-0.39, 0.29) is 24.7 Å². The SMILES string of the molecule is CCOC(=O)Cc1csc(NC(=O)CCc2ncc(-c3ccccc3)o2)n1. The van der Waals surface area contributed by atoms with Crippen molar-refractivity contribution in [2.24, 2.45) is 0 Å². The Morgan fingerprint density at radius 2 is 2.07 bits per heavy atom. The maximum absolute atomic E-state index is 12.1. The van der Waals surface area contributed by atoms with Gasteiger partial charge in [0.25, 0.3) is 0 Å². The topological polar surface area (TPSA) is 94.3 Å². The van der Waals surface area contributed by atoms with E-state index in [4.69, 9.17) is 9.15 Å². The van der Waals surface area contributed by atoms with E-state index >= 15 is 0 Å². The molecule has 2 heterocycles. The highest BCUT2D eigenvalue weighted by atomic mass is 32.1. The summed E-state index contributed by atoms with van der Waals surface area (Å²) in [6.45, 7) is 2.08. The van der Waals surface area contributed by atoms with Crippen LogP contribution in [-0.4, -0.2) is 28.5 Å². The Labute approximate surface area is 160 Å². The number of nitrogens with one attached hydrogen (secondary N) is 1. The number of anilines is 1. The van der Waals surface area contributed by atoms with E-state index in [1.54, 1.807) is 18.5 Å². The normalized spacial score (nSPS) is 10.6. The summed E-state index contributed by atoms with van der Waals surface area (Å²) < 4.78 is 10.6. The van der Waals surface area contributed by atoms with Crippen molar-refractivity contribution in [2.75, 3.05) is 11.9 Å². The number of hydrogen-bond acceptors (Lipinski definition) is 7. The van der Waals surface area contributed by atoms with Gasteiger partial charge in [0, 0.05) is 23.8 Å². The Kier molecular flexibility index (Phi) is 6.32. The van der Waals surface area contributed by atoms with Crippen molar-refractivity contribution in [3.8, 4) is 11.3 Å². The molecule has 27 heavy (non-hydrogen) atoms. The maximum Gasteiger partial charge on any atom is 0.311 e. The Morgan fingerprint density at radius 3 is 2.85 bits per heavy atom. The highest BCUT2D eigenvalue weighted by molar-refractivity contribution is 7.13. The summed E-state index contributed by atoms with van der Waals surface area (Å²) in [6.07, 6.45) is 2.37. The molecule has 1 amide bonds. The van der Waals surface area contributed by atoms with Gasteiger partial charge < -0.3 is 14.5 Å². The van der Waals surface area contributed by atoms with Crippen LogP contribution in [0.2, 0.25) is 0 Å². The molecule has 2 aromatic heterocycles. The fraction of sp³-hybridized carbons (Fsp3) is 0.263. The zero-order valence-corrected chi connectivity index (χ0v) is 15.6. The molecule has 3 aromatic rings. The van der Waals surface area contributed by atoms with Gasteiger partial charge in [0.15, 0.2) is 16.8 Å². The molecule has 0 fully saturated rings. The fourth-order valence-electron chi connectivity index (χ4n) is 2.37. The van der Waals surface area contributed by atoms with Gasteiger partial charge in [-0.15, -0.1) is 11.3 Å². The molecule has 0 radical (unpaired) electrons. The molecule has 0 atom stereocenters. The summed E-state index contributed by atoms with van der Waals surface area (Å²) in [5.74, 6) is 0.658. The van der Waals surface area contributed by atoms with Crippen molar-refractivity contribution in [1.29, 1.82) is 0 Å². The van der Waals surface area contributed by atoms with Crippen LogP contribution in [-0.2, 0) is 27.2 Å². The lowest BCUT2D eigenvalue weighted by Crippen LogP contribution is -2.12. The number of amides is 1. The second-order valence-electron chi connectivity index (χ2n) is 5.66. The van der Waals surface area contributed by atoms with Gasteiger partial charge in [-0.2, -0.15) is 0 Å². The third-order valence-electron chi connectivity index (χ3n) is 3.61. The lowest BCUT2D eigenvalue weighted by Gasteiger charge is -2.00. The number of hydrogen-bond donors (Lipinski definition) is 1. The van der Waals surface area contributed by atoms with Crippen LogP contribution in [0.25, 0.3) is 11.3 Å². The summed E-state index contributed by atoms with van der Waals surface area (Å²) in [4.78, 5) is 32.0. The molecule has 1 N–H and O–H groups in total. The predicted octanol–water partition coefficient (Wildman–Crippen LogP) is 3.48. The molecule has 1 aromatic carbocycles. The molecule has 7 nitrogen and oxygen atoms in total. The molecular weight excluding hydrogens is 366 g/mol. The Morgan fingerprint density at radius 1 is 1.26 bits per heavy atom. The highest BCUT2D eigenvalue weighted by Gasteiger charge is 2.12. The zero-order valence-electron chi connectivity index (χ0n) is 14.8.